The van der Waals surface area contributed by atoms with E-state index in [4.69, 9.17) is 10.3 Å². The van der Waals surface area contributed by atoms with Crippen molar-refractivity contribution in [3.63, 3.8) is 0 Å². The maximum absolute atomic E-state index is 5.37. The molecule has 0 fully saturated rings. The van der Waals surface area contributed by atoms with E-state index in [1.54, 1.807) is 6.07 Å². The Morgan fingerprint density at radius 2 is 2.31 bits per heavy atom. The van der Waals surface area contributed by atoms with Gasteiger partial charge in [0.25, 0.3) is 0 Å². The zero-order valence-corrected chi connectivity index (χ0v) is 6.93. The summed E-state index contributed by atoms with van der Waals surface area (Å²) in [6.07, 6.45) is 2.20. The highest BCUT2D eigenvalue weighted by Gasteiger charge is 2.08. The van der Waals surface area contributed by atoms with Crippen molar-refractivity contribution in [2.45, 2.75) is 6.42 Å². The number of nitrogens with zero attached hydrogens (tertiary/aromatic N) is 2. The maximum Gasteiger partial charge on any atom is 0.189 e. The third kappa shape index (κ3) is 1.59. The average Bonchev–Trinajstić information content (AvgIpc) is 2.70. The molecule has 0 aliphatic rings. The predicted molar refractivity (Wildman–Crippen MR) is 44.8 cm³/mol. The molecule has 0 bridgehead atoms. The van der Waals surface area contributed by atoms with E-state index < -0.39 is 0 Å². The second kappa shape index (κ2) is 3.40. The SMILES string of the molecule is NCCc1cc(-c2ccon2)on1. The summed E-state index contributed by atoms with van der Waals surface area (Å²) >= 11 is 0. The lowest BCUT2D eigenvalue weighted by molar-refractivity contribution is 0.403. The molecule has 0 saturated heterocycles. The second-order valence-electron chi connectivity index (χ2n) is 2.61. The smallest absolute Gasteiger partial charge is 0.189 e. The Hall–Kier alpha value is -1.62. The second-order valence-corrected chi connectivity index (χ2v) is 2.61. The molecule has 0 amide bonds. The fourth-order valence-electron chi connectivity index (χ4n) is 1.04. The van der Waals surface area contributed by atoms with Crippen molar-refractivity contribution >= 4 is 0 Å². The van der Waals surface area contributed by atoms with E-state index in [2.05, 4.69) is 14.8 Å². The van der Waals surface area contributed by atoms with Crippen molar-refractivity contribution in [3.05, 3.63) is 24.1 Å². The third-order valence-electron chi connectivity index (χ3n) is 1.65. The molecule has 0 unspecified atom stereocenters. The number of rotatable bonds is 3. The van der Waals surface area contributed by atoms with Crippen LogP contribution >= 0.6 is 0 Å². The summed E-state index contributed by atoms with van der Waals surface area (Å²) in [7, 11) is 0. The molecule has 2 aromatic heterocycles. The minimum atomic E-state index is 0.560. The largest absolute Gasteiger partial charge is 0.364 e. The fourth-order valence-corrected chi connectivity index (χ4v) is 1.04. The van der Waals surface area contributed by atoms with Gasteiger partial charge in [-0.3, -0.25) is 0 Å². The molecule has 0 aliphatic carbocycles. The Morgan fingerprint density at radius 1 is 1.38 bits per heavy atom. The predicted octanol–water partition coefficient (Wildman–Crippen LogP) is 0.831. The molecule has 0 spiro atoms. The minimum Gasteiger partial charge on any atom is -0.364 e. The molecule has 2 aromatic rings. The lowest BCUT2D eigenvalue weighted by Gasteiger charge is -1.84. The van der Waals surface area contributed by atoms with Gasteiger partial charge in [-0.15, -0.1) is 0 Å². The highest BCUT2D eigenvalue weighted by molar-refractivity contribution is 5.50. The first-order valence-corrected chi connectivity index (χ1v) is 3.96. The van der Waals surface area contributed by atoms with Gasteiger partial charge in [-0.05, 0) is 6.54 Å². The van der Waals surface area contributed by atoms with Gasteiger partial charge in [0, 0.05) is 18.6 Å². The van der Waals surface area contributed by atoms with Crippen LogP contribution in [-0.2, 0) is 6.42 Å². The first kappa shape index (κ1) is 8.00. The molecule has 2 rings (SSSR count). The Kier molecular flexibility index (Phi) is 2.09. The van der Waals surface area contributed by atoms with Gasteiger partial charge >= 0.3 is 0 Å². The van der Waals surface area contributed by atoms with Crippen molar-refractivity contribution in [1.29, 1.82) is 0 Å². The summed E-state index contributed by atoms with van der Waals surface area (Å²) in [5.74, 6) is 0.609. The van der Waals surface area contributed by atoms with Gasteiger partial charge in [0.05, 0.1) is 5.69 Å². The molecule has 0 aliphatic heterocycles. The zero-order valence-electron chi connectivity index (χ0n) is 6.93. The molecule has 2 N–H and O–H groups in total. The first-order valence-electron chi connectivity index (χ1n) is 3.96. The van der Waals surface area contributed by atoms with Gasteiger partial charge in [-0.25, -0.2) is 0 Å². The molecule has 5 nitrogen and oxygen atoms in total. The molecule has 68 valence electrons. The van der Waals surface area contributed by atoms with Crippen LogP contribution in [0.2, 0.25) is 0 Å². The lowest BCUT2D eigenvalue weighted by Crippen LogP contribution is -2.02. The number of hydrogen-bond donors (Lipinski definition) is 1. The highest BCUT2D eigenvalue weighted by atomic mass is 16.5. The maximum atomic E-state index is 5.37. The van der Waals surface area contributed by atoms with Crippen molar-refractivity contribution in [2.24, 2.45) is 5.73 Å². The lowest BCUT2D eigenvalue weighted by atomic mass is 10.2. The summed E-state index contributed by atoms with van der Waals surface area (Å²) < 4.78 is 9.71. The topological polar surface area (TPSA) is 78.1 Å². The molecule has 2 heterocycles. The van der Waals surface area contributed by atoms with Crippen molar-refractivity contribution in [1.82, 2.24) is 10.3 Å². The van der Waals surface area contributed by atoms with E-state index >= 15 is 0 Å². The van der Waals surface area contributed by atoms with E-state index in [0.717, 1.165) is 5.69 Å². The summed E-state index contributed by atoms with van der Waals surface area (Å²) in [5.41, 5.74) is 6.86. The Balaban J connectivity index is 2.23. The standard InChI is InChI=1S/C8H9N3O2/c9-3-1-6-5-8(13-10-6)7-2-4-12-11-7/h2,4-5H,1,3,9H2. The van der Waals surface area contributed by atoms with Crippen LogP contribution < -0.4 is 5.73 Å². The normalized spacial score (nSPS) is 10.5. The summed E-state index contributed by atoms with van der Waals surface area (Å²) in [4.78, 5) is 0. The molecule has 0 radical (unpaired) electrons. The minimum absolute atomic E-state index is 0.560. The van der Waals surface area contributed by atoms with Gasteiger partial charge in [0.1, 0.15) is 6.26 Å². The van der Waals surface area contributed by atoms with Gasteiger partial charge < -0.3 is 14.8 Å². The molecule has 5 heteroatoms. The van der Waals surface area contributed by atoms with Gasteiger partial charge in [0.2, 0.25) is 0 Å². The van der Waals surface area contributed by atoms with Crippen molar-refractivity contribution < 1.29 is 9.05 Å². The van der Waals surface area contributed by atoms with Crippen LogP contribution in [0.5, 0.6) is 0 Å². The van der Waals surface area contributed by atoms with E-state index in [0.29, 0.717) is 24.4 Å². The fraction of sp³-hybridized carbons (Fsp3) is 0.250. The third-order valence-corrected chi connectivity index (χ3v) is 1.65. The van der Waals surface area contributed by atoms with Crippen LogP contribution in [0.1, 0.15) is 5.69 Å². The summed E-state index contributed by atoms with van der Waals surface area (Å²) in [6.45, 7) is 0.560. The van der Waals surface area contributed by atoms with E-state index in [9.17, 15) is 0 Å². The van der Waals surface area contributed by atoms with Gasteiger partial charge in [-0.2, -0.15) is 0 Å². The van der Waals surface area contributed by atoms with E-state index in [1.807, 2.05) is 6.07 Å². The average molecular weight is 179 g/mol. The van der Waals surface area contributed by atoms with Crippen LogP contribution in [0.4, 0.5) is 0 Å². The number of hydrogen-bond acceptors (Lipinski definition) is 5. The molecule has 13 heavy (non-hydrogen) atoms. The Morgan fingerprint density at radius 3 is 3.00 bits per heavy atom. The molecular weight excluding hydrogens is 170 g/mol. The van der Waals surface area contributed by atoms with Crippen LogP contribution in [-0.4, -0.2) is 16.9 Å². The Bertz CT molecular complexity index is 366. The monoisotopic (exact) mass is 179 g/mol. The number of aromatic nitrogens is 2. The number of nitrogens with two attached hydrogens (primary N) is 1. The van der Waals surface area contributed by atoms with Crippen LogP contribution in [0.3, 0.4) is 0 Å². The van der Waals surface area contributed by atoms with Crippen molar-refractivity contribution in [3.8, 4) is 11.5 Å². The summed E-state index contributed by atoms with van der Waals surface area (Å²) in [5, 5.41) is 7.55. The quantitative estimate of drug-likeness (QED) is 0.755. The van der Waals surface area contributed by atoms with Crippen LogP contribution in [0.15, 0.2) is 27.4 Å². The zero-order chi connectivity index (χ0) is 9.10. The van der Waals surface area contributed by atoms with Gasteiger partial charge in [-0.1, -0.05) is 10.3 Å². The Labute approximate surface area is 74.5 Å². The summed E-state index contributed by atoms with van der Waals surface area (Å²) in [6, 6.07) is 3.53. The van der Waals surface area contributed by atoms with Crippen LogP contribution in [0, 0.1) is 0 Å². The van der Waals surface area contributed by atoms with E-state index in [-0.39, 0.29) is 0 Å². The van der Waals surface area contributed by atoms with Crippen LogP contribution in [0.25, 0.3) is 11.5 Å². The first-order chi connectivity index (χ1) is 6.40. The van der Waals surface area contributed by atoms with Crippen molar-refractivity contribution in [2.75, 3.05) is 6.54 Å². The molecular formula is C8H9N3O2. The molecule has 0 atom stereocenters. The van der Waals surface area contributed by atoms with Gasteiger partial charge in [0.15, 0.2) is 11.5 Å². The molecule has 0 aromatic carbocycles. The molecule has 0 saturated carbocycles. The highest BCUT2D eigenvalue weighted by Crippen LogP contribution is 2.17. The van der Waals surface area contributed by atoms with E-state index in [1.165, 1.54) is 6.26 Å².